The van der Waals surface area contributed by atoms with E-state index in [-0.39, 0.29) is 11.6 Å². The van der Waals surface area contributed by atoms with E-state index in [0.717, 1.165) is 6.42 Å². The van der Waals surface area contributed by atoms with Crippen LogP contribution in [0.5, 0.6) is 0 Å². The third-order valence-electron chi connectivity index (χ3n) is 12.4. The normalized spacial score (nSPS) is 28.9. The summed E-state index contributed by atoms with van der Waals surface area (Å²) in [6.07, 6.45) is 19.9. The molecular formula is C43H40N2S. The van der Waals surface area contributed by atoms with Gasteiger partial charge in [0.2, 0.25) is 0 Å². The first-order valence-electron chi connectivity index (χ1n) is 17.4. The van der Waals surface area contributed by atoms with E-state index in [1.165, 1.54) is 86.7 Å². The van der Waals surface area contributed by atoms with Gasteiger partial charge in [-0.3, -0.25) is 0 Å². The molecule has 4 atom stereocenters. The second-order valence-electron chi connectivity index (χ2n) is 15.0. The molecule has 0 bridgehead atoms. The molecule has 3 heteroatoms. The Morgan fingerprint density at radius 1 is 0.870 bits per heavy atom. The minimum Gasteiger partial charge on any atom is -0.359 e. The number of hydrogen-bond donors (Lipinski definition) is 1. The Labute approximate surface area is 277 Å². The molecule has 46 heavy (non-hydrogen) atoms. The number of hydrogen-bond acceptors (Lipinski definition) is 3. The average Bonchev–Trinajstić information content (AvgIpc) is 3.68. The van der Waals surface area contributed by atoms with E-state index in [1.54, 1.807) is 11.1 Å². The van der Waals surface area contributed by atoms with E-state index in [1.807, 2.05) is 11.8 Å². The number of benzene rings is 3. The van der Waals surface area contributed by atoms with Gasteiger partial charge < -0.3 is 5.32 Å². The minimum absolute atomic E-state index is 0.0575. The first-order valence-corrected chi connectivity index (χ1v) is 18.2. The maximum atomic E-state index is 5.42. The molecule has 4 unspecified atom stereocenters. The molecule has 228 valence electrons. The van der Waals surface area contributed by atoms with Gasteiger partial charge in [0.05, 0.1) is 0 Å². The van der Waals surface area contributed by atoms with Crippen LogP contribution in [0.1, 0.15) is 97.8 Å². The second kappa shape index (κ2) is 9.84. The molecule has 1 N–H and O–H groups in total. The molecule has 0 aromatic heterocycles. The number of nitrogens with one attached hydrogen (secondary N) is 1. The predicted molar refractivity (Wildman–Crippen MR) is 193 cm³/mol. The molecule has 10 rings (SSSR count). The van der Waals surface area contributed by atoms with Crippen LogP contribution in [0.4, 0.5) is 0 Å². The van der Waals surface area contributed by atoms with Crippen molar-refractivity contribution >= 4 is 28.1 Å². The van der Waals surface area contributed by atoms with Crippen LogP contribution in [0, 0.1) is 11.8 Å². The van der Waals surface area contributed by atoms with Gasteiger partial charge >= 0.3 is 0 Å². The molecule has 5 aliphatic carbocycles. The summed E-state index contributed by atoms with van der Waals surface area (Å²) in [6, 6.07) is 27.6. The number of thioether (sulfide) groups is 1. The monoisotopic (exact) mass is 616 g/mol. The van der Waals surface area contributed by atoms with Crippen LogP contribution < -0.4 is 5.32 Å². The lowest BCUT2D eigenvalue weighted by molar-refractivity contribution is 0.233. The van der Waals surface area contributed by atoms with Gasteiger partial charge in [0.15, 0.2) is 0 Å². The maximum Gasteiger partial charge on any atom is 0.146 e. The highest BCUT2D eigenvalue weighted by Gasteiger charge is 2.54. The van der Waals surface area contributed by atoms with E-state index in [4.69, 9.17) is 4.99 Å². The van der Waals surface area contributed by atoms with Crippen molar-refractivity contribution in [1.29, 1.82) is 0 Å². The average molecular weight is 617 g/mol. The Morgan fingerprint density at radius 2 is 1.70 bits per heavy atom. The Bertz CT molecular complexity index is 1990. The highest BCUT2D eigenvalue weighted by Crippen LogP contribution is 2.64. The van der Waals surface area contributed by atoms with Crippen molar-refractivity contribution in [2.75, 3.05) is 0 Å². The SMILES string of the molecule is CC1(C)C2=CC3c4ccccc4C4(CCCCC4)C3C=C2c2ccc(C3N=C4SC5=CC=CCC5C4=C(c4ccccc4)N3)cc21. The fraction of sp³-hybridized carbons (Fsp3) is 0.326. The standard InChI is InChI=1S/C43H40N2S/c1-42(2)34-23-27(40-44-39(26-13-5-3-6-14-26)38-30-16-8-10-18-37(30)46-41(38)45-40)19-20-29(34)31-25-36-32(24-35(31)42)28-15-7-9-17-33(28)43(36)21-11-4-12-22-43/h3,5-10,13-15,17-20,23-25,30,32,36,40,44H,4,11-12,16,21-22H2,1-2H3. The topological polar surface area (TPSA) is 24.4 Å². The van der Waals surface area contributed by atoms with Crippen molar-refractivity contribution in [3.05, 3.63) is 153 Å². The number of aliphatic imine (C=N–C) groups is 1. The Kier molecular flexibility index (Phi) is 5.84. The van der Waals surface area contributed by atoms with Crippen molar-refractivity contribution in [1.82, 2.24) is 5.32 Å². The second-order valence-corrected chi connectivity index (χ2v) is 16.0. The molecule has 2 fully saturated rings. The molecule has 1 saturated carbocycles. The number of rotatable bonds is 2. The lowest BCUT2D eigenvalue weighted by Gasteiger charge is -2.41. The zero-order chi connectivity index (χ0) is 30.6. The quantitative estimate of drug-likeness (QED) is 0.310. The minimum atomic E-state index is -0.112. The van der Waals surface area contributed by atoms with E-state index in [2.05, 4.69) is 122 Å². The van der Waals surface area contributed by atoms with E-state index < -0.39 is 0 Å². The fourth-order valence-corrected chi connectivity index (χ4v) is 11.4. The zero-order valence-corrected chi connectivity index (χ0v) is 27.5. The largest absolute Gasteiger partial charge is 0.359 e. The summed E-state index contributed by atoms with van der Waals surface area (Å²) in [4.78, 5) is 6.84. The summed E-state index contributed by atoms with van der Waals surface area (Å²) >= 11 is 1.87. The van der Waals surface area contributed by atoms with Crippen molar-refractivity contribution in [3.63, 3.8) is 0 Å². The van der Waals surface area contributed by atoms with Crippen LogP contribution in [0.15, 0.2) is 124 Å². The number of nitrogens with zero attached hydrogens (tertiary/aromatic N) is 1. The molecule has 2 nitrogen and oxygen atoms in total. The van der Waals surface area contributed by atoms with Crippen molar-refractivity contribution in [2.45, 2.75) is 75.3 Å². The van der Waals surface area contributed by atoms with Crippen LogP contribution in [0.3, 0.4) is 0 Å². The predicted octanol–water partition coefficient (Wildman–Crippen LogP) is 10.5. The molecular weight excluding hydrogens is 577 g/mol. The van der Waals surface area contributed by atoms with Gasteiger partial charge in [0.25, 0.3) is 0 Å². The first kappa shape index (κ1) is 27.3. The molecule has 2 heterocycles. The fourth-order valence-electron chi connectivity index (χ4n) is 10.2. The van der Waals surface area contributed by atoms with Gasteiger partial charge in [0.1, 0.15) is 11.2 Å². The third-order valence-corrected chi connectivity index (χ3v) is 13.5. The Hall–Kier alpha value is -3.82. The van der Waals surface area contributed by atoms with Crippen LogP contribution in [-0.2, 0) is 10.8 Å². The smallest absolute Gasteiger partial charge is 0.146 e. The molecule has 0 radical (unpaired) electrons. The van der Waals surface area contributed by atoms with Gasteiger partial charge in [-0.1, -0.05) is 148 Å². The Morgan fingerprint density at radius 3 is 2.57 bits per heavy atom. The summed E-state index contributed by atoms with van der Waals surface area (Å²) in [7, 11) is 0. The van der Waals surface area contributed by atoms with Gasteiger partial charge in [-0.25, -0.2) is 4.99 Å². The van der Waals surface area contributed by atoms with Crippen molar-refractivity contribution in [2.24, 2.45) is 16.8 Å². The molecule has 0 amide bonds. The Balaban J connectivity index is 1.06. The molecule has 1 saturated heterocycles. The van der Waals surface area contributed by atoms with E-state index >= 15 is 0 Å². The van der Waals surface area contributed by atoms with Crippen LogP contribution in [-0.4, -0.2) is 5.04 Å². The molecule has 1 spiro atoms. The van der Waals surface area contributed by atoms with E-state index in [0.29, 0.717) is 23.2 Å². The van der Waals surface area contributed by atoms with Gasteiger partial charge in [-0.15, -0.1) is 0 Å². The van der Waals surface area contributed by atoms with Gasteiger partial charge in [-0.05, 0) is 74.6 Å². The number of fused-ring (bicyclic) bond motifs is 11. The lowest BCUT2D eigenvalue weighted by Crippen LogP contribution is -2.35. The van der Waals surface area contributed by atoms with Gasteiger partial charge in [-0.2, -0.15) is 0 Å². The summed E-state index contributed by atoms with van der Waals surface area (Å²) in [5.41, 5.74) is 14.5. The molecule has 3 aromatic carbocycles. The highest BCUT2D eigenvalue weighted by atomic mass is 32.2. The summed E-state index contributed by atoms with van der Waals surface area (Å²) in [6.45, 7) is 4.90. The van der Waals surface area contributed by atoms with Crippen LogP contribution >= 0.6 is 11.8 Å². The first-order chi connectivity index (χ1) is 22.5. The molecule has 2 aliphatic heterocycles. The highest BCUT2D eigenvalue weighted by molar-refractivity contribution is 8.18. The molecule has 3 aromatic rings. The molecule has 7 aliphatic rings. The van der Waals surface area contributed by atoms with Crippen molar-refractivity contribution in [3.8, 4) is 0 Å². The summed E-state index contributed by atoms with van der Waals surface area (Å²) in [5.74, 6) is 1.44. The van der Waals surface area contributed by atoms with Crippen LogP contribution in [0.25, 0.3) is 11.3 Å². The maximum absolute atomic E-state index is 5.42. The number of allylic oxidation sites excluding steroid dienone is 8. The zero-order valence-electron chi connectivity index (χ0n) is 26.7. The third kappa shape index (κ3) is 3.70. The lowest BCUT2D eigenvalue weighted by atomic mass is 9.62. The summed E-state index contributed by atoms with van der Waals surface area (Å²) < 4.78 is 0. The van der Waals surface area contributed by atoms with Gasteiger partial charge in [0, 0.05) is 33.9 Å². The van der Waals surface area contributed by atoms with Crippen LogP contribution in [0.2, 0.25) is 0 Å². The summed E-state index contributed by atoms with van der Waals surface area (Å²) in [5, 5.41) is 5.14. The van der Waals surface area contributed by atoms with E-state index in [9.17, 15) is 0 Å². The van der Waals surface area contributed by atoms with Crippen molar-refractivity contribution < 1.29 is 0 Å².